The van der Waals surface area contributed by atoms with E-state index in [1.54, 1.807) is 0 Å². The molecule has 0 aromatic heterocycles. The Kier molecular flexibility index (Phi) is 3.52. The van der Waals surface area contributed by atoms with Gasteiger partial charge in [0.05, 0.1) is 6.04 Å². The molecule has 1 N–H and O–H groups in total. The number of fused-ring (bicyclic) bond motifs is 1. The van der Waals surface area contributed by atoms with Crippen LogP contribution in [0.3, 0.4) is 0 Å². The van der Waals surface area contributed by atoms with Crippen LogP contribution in [0, 0.1) is 13.8 Å². The minimum Gasteiger partial charge on any atom is -0.377 e. The molecule has 3 rings (SSSR count). The van der Waals surface area contributed by atoms with Crippen molar-refractivity contribution >= 4 is 17.4 Å². The highest BCUT2D eigenvalue weighted by molar-refractivity contribution is 7.98. The van der Waals surface area contributed by atoms with Crippen LogP contribution in [0.4, 0.5) is 5.69 Å². The van der Waals surface area contributed by atoms with E-state index in [1.165, 1.54) is 27.9 Å². The lowest BCUT2D eigenvalue weighted by molar-refractivity contribution is 0.871. The highest BCUT2D eigenvalue weighted by atomic mass is 32.2. The van der Waals surface area contributed by atoms with Gasteiger partial charge < -0.3 is 5.32 Å². The summed E-state index contributed by atoms with van der Waals surface area (Å²) in [5.41, 5.74) is 6.86. The summed E-state index contributed by atoms with van der Waals surface area (Å²) in [6.45, 7) is 4.33. The van der Waals surface area contributed by atoms with Gasteiger partial charge in [0.15, 0.2) is 0 Å². The Hall–Kier alpha value is -1.41. The van der Waals surface area contributed by atoms with Crippen molar-refractivity contribution in [3.63, 3.8) is 0 Å². The van der Waals surface area contributed by atoms with Crippen molar-refractivity contribution in [1.29, 1.82) is 0 Å². The van der Waals surface area contributed by atoms with Crippen LogP contribution in [0.25, 0.3) is 0 Å². The van der Waals surface area contributed by atoms with Gasteiger partial charge in [-0.1, -0.05) is 30.3 Å². The number of hydrogen-bond donors (Lipinski definition) is 1. The number of hydrogen-bond acceptors (Lipinski definition) is 2. The van der Waals surface area contributed by atoms with E-state index in [9.17, 15) is 0 Å². The molecule has 0 bridgehead atoms. The van der Waals surface area contributed by atoms with E-state index in [-0.39, 0.29) is 0 Å². The van der Waals surface area contributed by atoms with Crippen molar-refractivity contribution in [1.82, 2.24) is 0 Å². The molecule has 2 heteroatoms. The quantitative estimate of drug-likeness (QED) is 0.848. The molecule has 19 heavy (non-hydrogen) atoms. The number of nitrogens with one attached hydrogen (secondary N) is 1. The standard InChI is InChI=1S/C17H19NS/c1-12-7-8-15(9-13(12)2)18-17-11-19-10-14-5-3-4-6-16(14)17/h3-9,17-18H,10-11H2,1-2H3. The fraction of sp³-hybridized carbons (Fsp3) is 0.294. The van der Waals surface area contributed by atoms with Crippen LogP contribution in [0.1, 0.15) is 28.3 Å². The lowest BCUT2D eigenvalue weighted by Gasteiger charge is -2.27. The summed E-state index contributed by atoms with van der Waals surface area (Å²) in [4.78, 5) is 0. The van der Waals surface area contributed by atoms with Gasteiger partial charge in [-0.15, -0.1) is 0 Å². The fourth-order valence-corrected chi connectivity index (χ4v) is 3.63. The molecule has 0 radical (unpaired) electrons. The van der Waals surface area contributed by atoms with Gasteiger partial charge in [-0.25, -0.2) is 0 Å². The monoisotopic (exact) mass is 269 g/mol. The molecule has 1 nitrogen and oxygen atoms in total. The predicted molar refractivity (Wildman–Crippen MR) is 84.9 cm³/mol. The number of rotatable bonds is 2. The lowest BCUT2D eigenvalue weighted by atomic mass is 10.0. The molecule has 0 spiro atoms. The average molecular weight is 269 g/mol. The Morgan fingerprint density at radius 3 is 2.74 bits per heavy atom. The molecule has 2 aromatic rings. The summed E-state index contributed by atoms with van der Waals surface area (Å²) in [6.07, 6.45) is 0. The molecule has 1 unspecified atom stereocenters. The number of anilines is 1. The van der Waals surface area contributed by atoms with Crippen molar-refractivity contribution in [3.05, 3.63) is 64.7 Å². The first-order valence-corrected chi connectivity index (χ1v) is 7.89. The van der Waals surface area contributed by atoms with Gasteiger partial charge in [-0.2, -0.15) is 11.8 Å². The Balaban J connectivity index is 1.86. The zero-order valence-electron chi connectivity index (χ0n) is 11.4. The molecule has 98 valence electrons. The third-order valence-electron chi connectivity index (χ3n) is 3.82. The van der Waals surface area contributed by atoms with E-state index in [0.29, 0.717) is 6.04 Å². The smallest absolute Gasteiger partial charge is 0.0607 e. The van der Waals surface area contributed by atoms with Crippen molar-refractivity contribution in [3.8, 4) is 0 Å². The first-order chi connectivity index (χ1) is 9.24. The summed E-state index contributed by atoms with van der Waals surface area (Å²) in [7, 11) is 0. The molecule has 0 saturated heterocycles. The maximum atomic E-state index is 3.68. The highest BCUT2D eigenvalue weighted by Crippen LogP contribution is 2.33. The normalized spacial score (nSPS) is 17.9. The number of aryl methyl sites for hydroxylation is 2. The molecular weight excluding hydrogens is 250 g/mol. The van der Waals surface area contributed by atoms with E-state index < -0.39 is 0 Å². The Morgan fingerprint density at radius 1 is 1.05 bits per heavy atom. The van der Waals surface area contributed by atoms with Gasteiger partial charge in [-0.05, 0) is 48.2 Å². The number of thioether (sulfide) groups is 1. The highest BCUT2D eigenvalue weighted by Gasteiger charge is 2.19. The molecule has 2 aromatic carbocycles. The molecule has 1 aliphatic rings. The van der Waals surface area contributed by atoms with Gasteiger partial charge in [0.1, 0.15) is 0 Å². The third kappa shape index (κ3) is 2.64. The summed E-state index contributed by atoms with van der Waals surface area (Å²) >= 11 is 2.01. The van der Waals surface area contributed by atoms with E-state index in [4.69, 9.17) is 0 Å². The van der Waals surface area contributed by atoms with Crippen molar-refractivity contribution in [2.24, 2.45) is 0 Å². The third-order valence-corrected chi connectivity index (χ3v) is 4.90. The van der Waals surface area contributed by atoms with E-state index in [2.05, 4.69) is 61.6 Å². The second-order valence-electron chi connectivity index (χ2n) is 5.21. The molecular formula is C17H19NS. The van der Waals surface area contributed by atoms with E-state index in [1.807, 2.05) is 11.8 Å². The van der Waals surface area contributed by atoms with Crippen molar-refractivity contribution < 1.29 is 0 Å². The topological polar surface area (TPSA) is 12.0 Å². The molecule has 1 aliphatic heterocycles. The molecule has 0 amide bonds. The Labute approximate surface area is 119 Å². The van der Waals surface area contributed by atoms with Crippen molar-refractivity contribution in [2.45, 2.75) is 25.6 Å². The van der Waals surface area contributed by atoms with Gasteiger partial charge in [0.2, 0.25) is 0 Å². The second-order valence-corrected chi connectivity index (χ2v) is 6.24. The van der Waals surface area contributed by atoms with Crippen LogP contribution < -0.4 is 5.32 Å². The first kappa shape index (κ1) is 12.6. The van der Waals surface area contributed by atoms with Crippen LogP contribution in [0.5, 0.6) is 0 Å². The van der Waals surface area contributed by atoms with E-state index in [0.717, 1.165) is 11.5 Å². The molecule has 1 heterocycles. The average Bonchev–Trinajstić information content (AvgIpc) is 2.43. The maximum Gasteiger partial charge on any atom is 0.0607 e. The van der Waals surface area contributed by atoms with Gasteiger partial charge >= 0.3 is 0 Å². The summed E-state index contributed by atoms with van der Waals surface area (Å²) in [5.74, 6) is 2.28. The summed E-state index contributed by atoms with van der Waals surface area (Å²) < 4.78 is 0. The predicted octanol–water partition coefficient (Wildman–Crippen LogP) is 4.70. The molecule has 0 saturated carbocycles. The Bertz CT molecular complexity index is 592. The zero-order valence-corrected chi connectivity index (χ0v) is 12.3. The van der Waals surface area contributed by atoms with Crippen LogP contribution in [0.15, 0.2) is 42.5 Å². The first-order valence-electron chi connectivity index (χ1n) is 6.73. The second kappa shape index (κ2) is 5.30. The lowest BCUT2D eigenvalue weighted by Crippen LogP contribution is -2.18. The van der Waals surface area contributed by atoms with Gasteiger partial charge in [0, 0.05) is 17.2 Å². The molecule has 0 aliphatic carbocycles. The SMILES string of the molecule is Cc1ccc(NC2CSCc3ccccc32)cc1C. The zero-order chi connectivity index (χ0) is 13.2. The van der Waals surface area contributed by atoms with Crippen LogP contribution in [-0.4, -0.2) is 5.75 Å². The van der Waals surface area contributed by atoms with Crippen LogP contribution >= 0.6 is 11.8 Å². The van der Waals surface area contributed by atoms with Gasteiger partial charge in [0.25, 0.3) is 0 Å². The van der Waals surface area contributed by atoms with Crippen LogP contribution in [-0.2, 0) is 5.75 Å². The van der Waals surface area contributed by atoms with Gasteiger partial charge in [-0.3, -0.25) is 0 Å². The fourth-order valence-electron chi connectivity index (χ4n) is 2.53. The van der Waals surface area contributed by atoms with Crippen LogP contribution in [0.2, 0.25) is 0 Å². The Morgan fingerprint density at radius 2 is 1.89 bits per heavy atom. The molecule has 0 fully saturated rings. The van der Waals surface area contributed by atoms with E-state index >= 15 is 0 Å². The van der Waals surface area contributed by atoms with Crippen molar-refractivity contribution in [2.75, 3.05) is 11.1 Å². The number of benzene rings is 2. The summed E-state index contributed by atoms with van der Waals surface area (Å²) in [5, 5.41) is 3.68. The maximum absolute atomic E-state index is 3.68. The minimum absolute atomic E-state index is 0.428. The minimum atomic E-state index is 0.428. The summed E-state index contributed by atoms with van der Waals surface area (Å²) in [6, 6.07) is 15.8. The molecule has 1 atom stereocenters. The largest absolute Gasteiger partial charge is 0.377 e.